The van der Waals surface area contributed by atoms with Crippen LogP contribution in [0, 0.1) is 0 Å². The molecule has 1 saturated heterocycles. The Bertz CT molecular complexity index is 293. The van der Waals surface area contributed by atoms with Gasteiger partial charge in [-0.15, -0.1) is 0 Å². The van der Waals surface area contributed by atoms with Gasteiger partial charge < -0.3 is 10.2 Å². The van der Waals surface area contributed by atoms with E-state index in [0.29, 0.717) is 6.04 Å². The predicted octanol–water partition coefficient (Wildman–Crippen LogP) is 1.83. The Balaban J connectivity index is 1.69. The second kappa shape index (κ2) is 5.97. The number of likely N-dealkylation sites (tertiary alicyclic amines) is 1. The lowest BCUT2D eigenvalue weighted by Crippen LogP contribution is -2.31. The zero-order valence-corrected chi connectivity index (χ0v) is 10.0. The molecule has 0 aliphatic carbocycles. The van der Waals surface area contributed by atoms with Gasteiger partial charge in [0.15, 0.2) is 0 Å². The molecule has 1 aromatic heterocycles. The molecule has 0 bridgehead atoms. The molecule has 1 atom stereocenters. The number of hydrogen-bond acceptors (Lipinski definition) is 3. The normalized spacial score (nSPS) is 18.8. The zero-order valence-electron chi connectivity index (χ0n) is 10.0. The third-order valence-corrected chi connectivity index (χ3v) is 3.28. The topological polar surface area (TPSA) is 28.2 Å². The van der Waals surface area contributed by atoms with Gasteiger partial charge in [0.1, 0.15) is 0 Å². The fraction of sp³-hybridized carbons (Fsp3) is 0.615. The van der Waals surface area contributed by atoms with Gasteiger partial charge in [-0.05, 0) is 50.6 Å². The van der Waals surface area contributed by atoms with Crippen molar-refractivity contribution < 1.29 is 0 Å². The lowest BCUT2D eigenvalue weighted by Gasteiger charge is -2.18. The Morgan fingerprint density at radius 2 is 2.00 bits per heavy atom. The predicted molar refractivity (Wildman–Crippen MR) is 66.3 cm³/mol. The highest BCUT2D eigenvalue weighted by molar-refractivity contribution is 5.13. The van der Waals surface area contributed by atoms with E-state index < -0.39 is 0 Å². The lowest BCUT2D eigenvalue weighted by atomic mass is 10.1. The van der Waals surface area contributed by atoms with Gasteiger partial charge in [-0.3, -0.25) is 4.98 Å². The maximum atomic E-state index is 4.04. The van der Waals surface area contributed by atoms with Crippen molar-refractivity contribution >= 4 is 0 Å². The van der Waals surface area contributed by atoms with E-state index in [9.17, 15) is 0 Å². The number of nitrogens with zero attached hydrogens (tertiary/aromatic N) is 2. The van der Waals surface area contributed by atoms with Gasteiger partial charge in [-0.2, -0.15) is 0 Å². The van der Waals surface area contributed by atoms with E-state index >= 15 is 0 Å². The smallest absolute Gasteiger partial charge is 0.0293 e. The van der Waals surface area contributed by atoms with Crippen LogP contribution in [0.4, 0.5) is 0 Å². The fourth-order valence-electron chi connectivity index (χ4n) is 2.22. The van der Waals surface area contributed by atoms with Crippen LogP contribution in [0.25, 0.3) is 0 Å². The Hall–Kier alpha value is -0.930. The van der Waals surface area contributed by atoms with Crippen molar-refractivity contribution in [3.05, 3.63) is 30.1 Å². The summed E-state index contributed by atoms with van der Waals surface area (Å²) in [5.74, 6) is 0. The molecular formula is C13H21N3. The van der Waals surface area contributed by atoms with E-state index in [1.165, 1.54) is 38.0 Å². The van der Waals surface area contributed by atoms with Gasteiger partial charge >= 0.3 is 0 Å². The first-order chi connectivity index (χ1) is 7.86. The number of hydrogen-bond donors (Lipinski definition) is 1. The molecule has 0 radical (unpaired) electrons. The van der Waals surface area contributed by atoms with Crippen molar-refractivity contribution in [2.75, 3.05) is 26.2 Å². The molecule has 1 fully saturated rings. The molecule has 88 valence electrons. The largest absolute Gasteiger partial charge is 0.309 e. The molecule has 0 unspecified atom stereocenters. The van der Waals surface area contributed by atoms with Gasteiger partial charge in [-0.1, -0.05) is 0 Å². The van der Waals surface area contributed by atoms with Crippen LogP contribution in [0.3, 0.4) is 0 Å². The molecule has 3 nitrogen and oxygen atoms in total. The van der Waals surface area contributed by atoms with Crippen molar-refractivity contribution in [2.45, 2.75) is 25.8 Å². The average molecular weight is 219 g/mol. The van der Waals surface area contributed by atoms with Crippen LogP contribution >= 0.6 is 0 Å². The molecule has 0 amide bonds. The van der Waals surface area contributed by atoms with Gasteiger partial charge in [0.05, 0.1) is 0 Å². The zero-order chi connectivity index (χ0) is 11.2. The quantitative estimate of drug-likeness (QED) is 0.819. The highest BCUT2D eigenvalue weighted by Crippen LogP contribution is 2.10. The summed E-state index contributed by atoms with van der Waals surface area (Å²) >= 11 is 0. The first kappa shape index (κ1) is 11.6. The van der Waals surface area contributed by atoms with Crippen molar-refractivity contribution in [1.29, 1.82) is 0 Å². The molecule has 1 N–H and O–H groups in total. The first-order valence-corrected chi connectivity index (χ1v) is 6.22. The molecule has 16 heavy (non-hydrogen) atoms. The van der Waals surface area contributed by atoms with Crippen LogP contribution < -0.4 is 5.32 Å². The fourth-order valence-corrected chi connectivity index (χ4v) is 2.22. The van der Waals surface area contributed by atoms with Gasteiger partial charge in [0.25, 0.3) is 0 Å². The van der Waals surface area contributed by atoms with Crippen LogP contribution in [0.15, 0.2) is 24.5 Å². The van der Waals surface area contributed by atoms with Gasteiger partial charge in [0.2, 0.25) is 0 Å². The summed E-state index contributed by atoms with van der Waals surface area (Å²) in [7, 11) is 0. The molecule has 1 aliphatic rings. The van der Waals surface area contributed by atoms with E-state index in [0.717, 1.165) is 6.54 Å². The molecule has 0 saturated carbocycles. The minimum absolute atomic E-state index is 0.422. The van der Waals surface area contributed by atoms with Crippen molar-refractivity contribution in [2.24, 2.45) is 0 Å². The van der Waals surface area contributed by atoms with Gasteiger partial charge in [0, 0.05) is 31.5 Å². The Morgan fingerprint density at radius 1 is 1.31 bits per heavy atom. The number of pyridine rings is 1. The highest BCUT2D eigenvalue weighted by atomic mass is 15.1. The Kier molecular flexibility index (Phi) is 4.31. The summed E-state index contributed by atoms with van der Waals surface area (Å²) in [5, 5.41) is 3.56. The van der Waals surface area contributed by atoms with Crippen molar-refractivity contribution in [3.8, 4) is 0 Å². The van der Waals surface area contributed by atoms with Crippen LogP contribution in [-0.4, -0.2) is 36.1 Å². The van der Waals surface area contributed by atoms with E-state index in [1.807, 2.05) is 12.4 Å². The molecule has 3 heteroatoms. The molecule has 0 aromatic carbocycles. The third kappa shape index (κ3) is 3.29. The first-order valence-electron chi connectivity index (χ1n) is 6.22. The van der Waals surface area contributed by atoms with Crippen LogP contribution in [0.2, 0.25) is 0 Å². The number of rotatable bonds is 5. The summed E-state index contributed by atoms with van der Waals surface area (Å²) in [5.41, 5.74) is 1.32. The van der Waals surface area contributed by atoms with E-state index in [-0.39, 0.29) is 0 Å². The van der Waals surface area contributed by atoms with Crippen LogP contribution in [-0.2, 0) is 0 Å². The standard InChI is InChI=1S/C13H21N3/c1-12(13-4-6-14-7-5-13)15-8-11-16-9-2-3-10-16/h4-7,12,15H,2-3,8-11H2,1H3/t12-/m1/s1. The molecule has 2 heterocycles. The highest BCUT2D eigenvalue weighted by Gasteiger charge is 2.11. The third-order valence-electron chi connectivity index (χ3n) is 3.28. The average Bonchev–Trinajstić information content (AvgIpc) is 2.83. The molecule has 2 rings (SSSR count). The van der Waals surface area contributed by atoms with E-state index in [2.05, 4.69) is 34.3 Å². The number of aromatic nitrogens is 1. The number of nitrogens with one attached hydrogen (secondary N) is 1. The maximum absolute atomic E-state index is 4.04. The minimum Gasteiger partial charge on any atom is -0.309 e. The Morgan fingerprint density at radius 3 is 2.69 bits per heavy atom. The summed E-state index contributed by atoms with van der Waals surface area (Å²) in [6, 6.07) is 4.58. The van der Waals surface area contributed by atoms with Crippen LogP contribution in [0.5, 0.6) is 0 Å². The summed E-state index contributed by atoms with van der Waals surface area (Å²) in [4.78, 5) is 6.57. The SMILES string of the molecule is C[C@@H](NCCN1CCCC1)c1ccncc1. The van der Waals surface area contributed by atoms with E-state index in [1.54, 1.807) is 0 Å². The lowest BCUT2D eigenvalue weighted by molar-refractivity contribution is 0.330. The summed E-state index contributed by atoms with van der Waals surface area (Å²) in [6.45, 7) is 7.02. The second-order valence-electron chi connectivity index (χ2n) is 4.51. The summed E-state index contributed by atoms with van der Waals surface area (Å²) < 4.78 is 0. The minimum atomic E-state index is 0.422. The molecule has 1 aliphatic heterocycles. The Labute approximate surface area is 97.9 Å². The molecule has 1 aromatic rings. The second-order valence-corrected chi connectivity index (χ2v) is 4.51. The van der Waals surface area contributed by atoms with Crippen LogP contribution in [0.1, 0.15) is 31.4 Å². The molecule has 0 spiro atoms. The molecular weight excluding hydrogens is 198 g/mol. The summed E-state index contributed by atoms with van der Waals surface area (Å²) in [6.07, 6.45) is 6.46. The van der Waals surface area contributed by atoms with Crippen molar-refractivity contribution in [1.82, 2.24) is 15.2 Å². The maximum Gasteiger partial charge on any atom is 0.0293 e. The van der Waals surface area contributed by atoms with Crippen molar-refractivity contribution in [3.63, 3.8) is 0 Å². The van der Waals surface area contributed by atoms with Gasteiger partial charge in [-0.25, -0.2) is 0 Å². The van der Waals surface area contributed by atoms with E-state index in [4.69, 9.17) is 0 Å². The monoisotopic (exact) mass is 219 g/mol.